The number of hydrogen-bond acceptors (Lipinski definition) is 5. The molecule has 8 nitrogen and oxygen atoms in total. The number of hydrogen-bond donors (Lipinski definition) is 1. The number of ether oxygens (including phenoxy) is 2. The van der Waals surface area contributed by atoms with Crippen LogP contribution in [0.3, 0.4) is 0 Å². The monoisotopic (exact) mass is 436 g/mol. The van der Waals surface area contributed by atoms with Crippen LogP contribution in [-0.4, -0.2) is 51.9 Å². The van der Waals surface area contributed by atoms with Crippen molar-refractivity contribution in [1.82, 2.24) is 19.7 Å². The number of benzene rings is 2. The van der Waals surface area contributed by atoms with Gasteiger partial charge in [0.25, 0.3) is 5.91 Å². The first kappa shape index (κ1) is 21.7. The average molecular weight is 437 g/mol. The van der Waals surface area contributed by atoms with E-state index >= 15 is 0 Å². The molecule has 0 atom stereocenters. The summed E-state index contributed by atoms with van der Waals surface area (Å²) in [6.07, 6.45) is 1.47. The third kappa shape index (κ3) is 4.39. The molecule has 0 unspecified atom stereocenters. The molecule has 1 saturated heterocycles. The van der Waals surface area contributed by atoms with Crippen LogP contribution in [0.1, 0.15) is 48.8 Å². The zero-order chi connectivity index (χ0) is 22.5. The van der Waals surface area contributed by atoms with Crippen molar-refractivity contribution in [3.8, 4) is 17.2 Å². The maximum absolute atomic E-state index is 13.1. The fourth-order valence-electron chi connectivity index (χ4n) is 4.12. The van der Waals surface area contributed by atoms with Gasteiger partial charge in [-0.25, -0.2) is 14.5 Å². The summed E-state index contributed by atoms with van der Waals surface area (Å²) >= 11 is 0. The van der Waals surface area contributed by atoms with Crippen LogP contribution in [0.2, 0.25) is 0 Å². The molecule has 1 aliphatic heterocycles. The molecule has 0 bridgehead atoms. The van der Waals surface area contributed by atoms with E-state index in [2.05, 4.69) is 10.2 Å². The number of para-hydroxylation sites is 1. The molecule has 2 heterocycles. The fourth-order valence-corrected chi connectivity index (χ4v) is 4.12. The second-order valence-corrected chi connectivity index (χ2v) is 7.65. The second kappa shape index (κ2) is 9.72. The quantitative estimate of drug-likeness (QED) is 0.613. The third-order valence-corrected chi connectivity index (χ3v) is 5.65. The van der Waals surface area contributed by atoms with Crippen LogP contribution < -0.4 is 15.2 Å². The molecule has 8 heteroatoms. The van der Waals surface area contributed by atoms with E-state index in [4.69, 9.17) is 9.47 Å². The van der Waals surface area contributed by atoms with Crippen LogP contribution in [0, 0.1) is 0 Å². The molecule has 1 N–H and O–H groups in total. The van der Waals surface area contributed by atoms with E-state index < -0.39 is 0 Å². The highest BCUT2D eigenvalue weighted by molar-refractivity contribution is 5.95. The van der Waals surface area contributed by atoms with Crippen LogP contribution in [0.5, 0.6) is 11.5 Å². The first-order valence-corrected chi connectivity index (χ1v) is 11.0. The van der Waals surface area contributed by atoms with Gasteiger partial charge in [-0.3, -0.25) is 4.79 Å². The number of likely N-dealkylation sites (tertiary alicyclic amines) is 1. The molecule has 32 heavy (non-hydrogen) atoms. The molecule has 1 amide bonds. The first-order chi connectivity index (χ1) is 15.6. The lowest BCUT2D eigenvalue weighted by Gasteiger charge is -2.31. The van der Waals surface area contributed by atoms with E-state index in [0.717, 1.165) is 18.5 Å². The number of carbonyl (C=O) groups is 1. The maximum Gasteiger partial charge on any atom is 0.347 e. The zero-order valence-electron chi connectivity index (χ0n) is 18.4. The Morgan fingerprint density at radius 1 is 1.03 bits per heavy atom. The van der Waals surface area contributed by atoms with Crippen molar-refractivity contribution in [3.05, 3.63) is 70.4 Å². The van der Waals surface area contributed by atoms with Crippen molar-refractivity contribution in [3.63, 3.8) is 0 Å². The van der Waals surface area contributed by atoms with E-state index in [-0.39, 0.29) is 17.5 Å². The van der Waals surface area contributed by atoms with Gasteiger partial charge in [-0.1, -0.05) is 18.2 Å². The predicted octanol–water partition coefficient (Wildman–Crippen LogP) is 3.38. The summed E-state index contributed by atoms with van der Waals surface area (Å²) in [6, 6.07) is 14.8. The van der Waals surface area contributed by atoms with Crippen molar-refractivity contribution >= 4 is 5.91 Å². The Bertz CT molecular complexity index is 1110. The average Bonchev–Trinajstić information content (AvgIpc) is 3.22. The predicted molar refractivity (Wildman–Crippen MR) is 121 cm³/mol. The number of H-pyrrole nitrogens is 1. The molecule has 1 fully saturated rings. The summed E-state index contributed by atoms with van der Waals surface area (Å²) in [6.45, 7) is 6.03. The highest BCUT2D eigenvalue weighted by atomic mass is 16.5. The number of aromatic nitrogens is 3. The van der Waals surface area contributed by atoms with Gasteiger partial charge in [-0.15, -0.1) is 0 Å². The number of nitrogens with zero attached hydrogens (tertiary/aromatic N) is 3. The molecule has 168 valence electrons. The minimum atomic E-state index is -0.248. The largest absolute Gasteiger partial charge is 0.490 e. The lowest BCUT2D eigenvalue weighted by molar-refractivity contribution is 0.0710. The molecule has 0 aliphatic carbocycles. The number of nitrogens with one attached hydrogen (secondary N) is 1. The molecule has 4 rings (SSSR count). The molecular weight excluding hydrogens is 408 g/mol. The van der Waals surface area contributed by atoms with Gasteiger partial charge in [0.1, 0.15) is 5.82 Å². The maximum atomic E-state index is 13.1. The number of amides is 1. The third-order valence-electron chi connectivity index (χ3n) is 5.65. The molecule has 3 aromatic rings. The Balaban J connectivity index is 1.47. The Morgan fingerprint density at radius 2 is 1.72 bits per heavy atom. The van der Waals surface area contributed by atoms with Crippen LogP contribution >= 0.6 is 0 Å². The summed E-state index contributed by atoms with van der Waals surface area (Å²) in [5, 5.41) is 6.87. The van der Waals surface area contributed by atoms with E-state index in [0.29, 0.717) is 49.2 Å². The van der Waals surface area contributed by atoms with Crippen molar-refractivity contribution in [2.24, 2.45) is 0 Å². The topological polar surface area (TPSA) is 89.5 Å². The van der Waals surface area contributed by atoms with Crippen LogP contribution in [0.4, 0.5) is 0 Å². The van der Waals surface area contributed by atoms with Gasteiger partial charge in [-0.05, 0) is 57.0 Å². The van der Waals surface area contributed by atoms with Gasteiger partial charge in [-0.2, -0.15) is 5.10 Å². The lowest BCUT2D eigenvalue weighted by atomic mass is 9.95. The van der Waals surface area contributed by atoms with Gasteiger partial charge >= 0.3 is 5.69 Å². The van der Waals surface area contributed by atoms with Crippen LogP contribution in [-0.2, 0) is 0 Å². The number of carbonyl (C=O) groups excluding carboxylic acids is 1. The van der Waals surface area contributed by atoms with Gasteiger partial charge in [0.05, 0.1) is 18.9 Å². The minimum absolute atomic E-state index is 0.0325. The highest BCUT2D eigenvalue weighted by Gasteiger charge is 2.29. The first-order valence-electron chi connectivity index (χ1n) is 11.0. The molecule has 0 spiro atoms. The van der Waals surface area contributed by atoms with E-state index in [1.807, 2.05) is 49.1 Å². The summed E-state index contributed by atoms with van der Waals surface area (Å²) in [4.78, 5) is 27.3. The number of aromatic amines is 1. The number of rotatable bonds is 7. The standard InChI is InChI=1S/C24H28N4O4/c1-3-31-20-11-10-18(16-21(20)32-4-2)23(29)27-14-12-17(13-15-27)22-25-26-24(30)28(22)19-8-6-5-7-9-19/h5-11,16-17H,3-4,12-15H2,1-2H3,(H,26,30). The molecule has 2 aromatic carbocycles. The summed E-state index contributed by atoms with van der Waals surface area (Å²) in [7, 11) is 0. The molecule has 1 aromatic heterocycles. The van der Waals surface area contributed by atoms with Gasteiger partial charge in [0, 0.05) is 24.6 Å². The Morgan fingerprint density at radius 3 is 2.41 bits per heavy atom. The number of piperidine rings is 1. The minimum Gasteiger partial charge on any atom is -0.490 e. The van der Waals surface area contributed by atoms with Gasteiger partial charge in [0.15, 0.2) is 11.5 Å². The van der Waals surface area contributed by atoms with Crippen LogP contribution in [0.15, 0.2) is 53.3 Å². The fraction of sp³-hybridized carbons (Fsp3) is 0.375. The summed E-state index contributed by atoms with van der Waals surface area (Å²) in [5.41, 5.74) is 1.12. The Hall–Kier alpha value is -3.55. The van der Waals surface area contributed by atoms with Crippen molar-refractivity contribution in [1.29, 1.82) is 0 Å². The van der Waals surface area contributed by atoms with E-state index in [1.165, 1.54) is 0 Å². The van der Waals surface area contributed by atoms with E-state index in [1.54, 1.807) is 22.8 Å². The summed E-state index contributed by atoms with van der Waals surface area (Å²) < 4.78 is 12.9. The molecular formula is C24H28N4O4. The lowest BCUT2D eigenvalue weighted by Crippen LogP contribution is -2.38. The highest BCUT2D eigenvalue weighted by Crippen LogP contribution is 2.31. The second-order valence-electron chi connectivity index (χ2n) is 7.65. The molecule has 0 saturated carbocycles. The smallest absolute Gasteiger partial charge is 0.347 e. The normalized spacial score (nSPS) is 14.4. The molecule has 0 radical (unpaired) electrons. The Kier molecular flexibility index (Phi) is 6.58. The summed E-state index contributed by atoms with van der Waals surface area (Å²) in [5.74, 6) is 2.00. The van der Waals surface area contributed by atoms with Crippen molar-refractivity contribution in [2.45, 2.75) is 32.6 Å². The SMILES string of the molecule is CCOc1ccc(C(=O)N2CCC(c3n[nH]c(=O)n3-c3ccccc3)CC2)cc1OCC. The van der Waals surface area contributed by atoms with E-state index in [9.17, 15) is 9.59 Å². The Labute approximate surface area is 186 Å². The molecule has 1 aliphatic rings. The van der Waals surface area contributed by atoms with Gasteiger partial charge in [0.2, 0.25) is 0 Å². The van der Waals surface area contributed by atoms with Crippen molar-refractivity contribution in [2.75, 3.05) is 26.3 Å². The van der Waals surface area contributed by atoms with Crippen LogP contribution in [0.25, 0.3) is 5.69 Å². The zero-order valence-corrected chi connectivity index (χ0v) is 18.4. The van der Waals surface area contributed by atoms with Gasteiger partial charge < -0.3 is 14.4 Å². The van der Waals surface area contributed by atoms with Crippen molar-refractivity contribution < 1.29 is 14.3 Å².